The highest BCUT2D eigenvalue weighted by Crippen LogP contribution is 2.39. The number of allylic oxidation sites excluding steroid dienone is 1. The van der Waals surface area contributed by atoms with Gasteiger partial charge in [0.25, 0.3) is 0 Å². The fourth-order valence-electron chi connectivity index (χ4n) is 7.57. The molecular weight excluding hydrogens is 647 g/mol. The lowest BCUT2D eigenvalue weighted by Gasteiger charge is -2.21. The highest BCUT2D eigenvalue weighted by atomic mass is 15.1. The number of hydrogen-bond donors (Lipinski definition) is 2. The molecule has 0 amide bonds. The number of nitrogens with one attached hydrogen (secondary N) is 2. The summed E-state index contributed by atoms with van der Waals surface area (Å²) in [4.78, 5) is 15.7. The third-order valence-corrected chi connectivity index (χ3v) is 10.1. The summed E-state index contributed by atoms with van der Waals surface area (Å²) >= 11 is 0. The molecule has 1 aromatic heterocycles. The first-order valence-corrected chi connectivity index (χ1v) is 17.7. The SMILES string of the molecule is N=C(/C=C1\NC(c2nc(-c3cc4ccccc4c4ccccc34)cc(-c3cc4ccccc4c4ccccc34)n2)=Nc2ccccc21)c1ccccc1. The molecule has 0 fully saturated rings. The second-order valence-electron chi connectivity index (χ2n) is 13.3. The minimum absolute atomic E-state index is 0.393. The first-order valence-electron chi connectivity index (χ1n) is 17.7. The normalized spacial score (nSPS) is 13.3. The van der Waals surface area contributed by atoms with Crippen molar-refractivity contribution in [3.05, 3.63) is 193 Å². The van der Waals surface area contributed by atoms with Gasteiger partial charge in [0.2, 0.25) is 0 Å². The van der Waals surface area contributed by atoms with E-state index in [4.69, 9.17) is 20.4 Å². The van der Waals surface area contributed by atoms with Gasteiger partial charge in [0, 0.05) is 16.7 Å². The Morgan fingerprint density at radius 2 is 0.962 bits per heavy atom. The molecule has 1 aliphatic rings. The van der Waals surface area contributed by atoms with Crippen molar-refractivity contribution in [1.82, 2.24) is 15.3 Å². The third-order valence-electron chi connectivity index (χ3n) is 10.1. The molecule has 0 unspecified atom stereocenters. The number of aromatic nitrogens is 2. The summed E-state index contributed by atoms with van der Waals surface area (Å²) in [6, 6.07) is 58.4. The van der Waals surface area contributed by atoms with E-state index in [1.54, 1.807) is 0 Å². The summed E-state index contributed by atoms with van der Waals surface area (Å²) < 4.78 is 0. The molecular formula is C48H31N5. The van der Waals surface area contributed by atoms with Gasteiger partial charge in [-0.3, -0.25) is 0 Å². The van der Waals surface area contributed by atoms with Crippen LogP contribution in [0.5, 0.6) is 0 Å². The molecule has 5 nitrogen and oxygen atoms in total. The highest BCUT2D eigenvalue weighted by molar-refractivity contribution is 6.17. The minimum Gasteiger partial charge on any atom is -0.336 e. The summed E-state index contributed by atoms with van der Waals surface area (Å²) in [5.41, 5.74) is 7.33. The number of rotatable bonds is 5. The van der Waals surface area contributed by atoms with Crippen molar-refractivity contribution < 1.29 is 0 Å². The van der Waals surface area contributed by atoms with Crippen molar-refractivity contribution in [2.24, 2.45) is 4.99 Å². The van der Waals surface area contributed by atoms with E-state index in [0.717, 1.165) is 66.6 Å². The smallest absolute Gasteiger partial charge is 0.196 e. The number of nitrogens with zero attached hydrogens (tertiary/aromatic N) is 3. The molecule has 10 rings (SSSR count). The van der Waals surface area contributed by atoms with Gasteiger partial charge in [0.15, 0.2) is 11.7 Å². The lowest BCUT2D eigenvalue weighted by Crippen LogP contribution is -2.28. The van der Waals surface area contributed by atoms with Crippen molar-refractivity contribution >= 4 is 66.0 Å². The van der Waals surface area contributed by atoms with Crippen LogP contribution < -0.4 is 5.32 Å². The standard InChI is InChI=1S/C48H31N5/c49-42(30-14-2-1-3-15-30)28-44-39-24-12-13-25-43(39)50-47(51-44)48-52-45(40-26-31-16-4-6-18-33(31)35-20-8-10-22-37(35)40)29-46(53-48)41-27-32-17-5-7-19-34(32)36-21-9-11-23-38(36)41/h1-29,49H,(H,50,51)/b44-28-,49-42?. The van der Waals surface area contributed by atoms with E-state index in [9.17, 15) is 0 Å². The van der Waals surface area contributed by atoms with Crippen molar-refractivity contribution in [3.8, 4) is 22.5 Å². The lowest BCUT2D eigenvalue weighted by atomic mass is 9.93. The van der Waals surface area contributed by atoms with Crippen LogP contribution in [0.25, 0.3) is 71.3 Å². The third kappa shape index (κ3) is 5.34. The van der Waals surface area contributed by atoms with Crippen molar-refractivity contribution in [2.75, 3.05) is 0 Å². The molecule has 0 aliphatic carbocycles. The maximum absolute atomic E-state index is 8.97. The average molecular weight is 678 g/mol. The average Bonchev–Trinajstić information content (AvgIpc) is 3.23. The summed E-state index contributed by atoms with van der Waals surface area (Å²) in [5, 5.41) is 21.8. The maximum atomic E-state index is 8.97. The summed E-state index contributed by atoms with van der Waals surface area (Å²) in [6.07, 6.45) is 1.86. The zero-order valence-corrected chi connectivity index (χ0v) is 28.6. The number of fused-ring (bicyclic) bond motifs is 7. The van der Waals surface area contributed by atoms with Crippen molar-refractivity contribution in [1.29, 1.82) is 5.41 Å². The first-order chi connectivity index (χ1) is 26.2. The molecule has 2 heterocycles. The van der Waals surface area contributed by atoms with E-state index in [-0.39, 0.29) is 0 Å². The van der Waals surface area contributed by atoms with Gasteiger partial charge in [0.1, 0.15) is 0 Å². The van der Waals surface area contributed by atoms with Gasteiger partial charge in [-0.25, -0.2) is 15.0 Å². The zero-order valence-electron chi connectivity index (χ0n) is 28.6. The molecule has 5 heteroatoms. The molecule has 9 aromatic rings. The molecule has 1 aliphatic heterocycles. The quantitative estimate of drug-likeness (QED) is 0.141. The molecule has 8 aromatic carbocycles. The molecule has 0 spiro atoms. The fraction of sp³-hybridized carbons (Fsp3) is 0. The second-order valence-corrected chi connectivity index (χ2v) is 13.3. The van der Waals surface area contributed by atoms with Gasteiger partial charge >= 0.3 is 0 Å². The number of benzene rings is 8. The molecule has 0 saturated heterocycles. The topological polar surface area (TPSA) is 74.0 Å². The summed E-state index contributed by atoms with van der Waals surface area (Å²) in [7, 11) is 0. The van der Waals surface area contributed by atoms with Crippen LogP contribution in [-0.4, -0.2) is 21.5 Å². The van der Waals surface area contributed by atoms with Crippen LogP contribution in [-0.2, 0) is 0 Å². The molecule has 0 atom stereocenters. The Labute approximate surface area is 306 Å². The minimum atomic E-state index is 0.393. The zero-order chi connectivity index (χ0) is 35.3. The van der Waals surface area contributed by atoms with Crippen molar-refractivity contribution in [2.45, 2.75) is 0 Å². The lowest BCUT2D eigenvalue weighted by molar-refractivity contribution is 1.09. The van der Waals surface area contributed by atoms with Gasteiger partial charge in [-0.05, 0) is 79.0 Å². The second kappa shape index (κ2) is 12.5. The Hall–Kier alpha value is -7.24. The van der Waals surface area contributed by atoms with Crippen LogP contribution in [0.4, 0.5) is 5.69 Å². The van der Waals surface area contributed by atoms with Crippen LogP contribution in [0.3, 0.4) is 0 Å². The summed E-state index contributed by atoms with van der Waals surface area (Å²) in [6.45, 7) is 0. The van der Waals surface area contributed by atoms with E-state index in [1.165, 1.54) is 21.5 Å². The Balaban J connectivity index is 1.23. The van der Waals surface area contributed by atoms with E-state index >= 15 is 0 Å². The van der Waals surface area contributed by atoms with Gasteiger partial charge in [-0.15, -0.1) is 0 Å². The van der Waals surface area contributed by atoms with Gasteiger partial charge in [0.05, 0.1) is 28.5 Å². The molecule has 0 saturated carbocycles. The fourth-order valence-corrected chi connectivity index (χ4v) is 7.57. The van der Waals surface area contributed by atoms with E-state index in [0.29, 0.717) is 17.4 Å². The molecule has 53 heavy (non-hydrogen) atoms. The van der Waals surface area contributed by atoms with Crippen molar-refractivity contribution in [3.63, 3.8) is 0 Å². The number of para-hydroxylation sites is 1. The number of hydrogen-bond acceptors (Lipinski definition) is 5. The Morgan fingerprint density at radius 3 is 1.57 bits per heavy atom. The molecule has 0 radical (unpaired) electrons. The largest absolute Gasteiger partial charge is 0.336 e. The maximum Gasteiger partial charge on any atom is 0.196 e. The highest BCUT2D eigenvalue weighted by Gasteiger charge is 2.23. The predicted molar refractivity (Wildman–Crippen MR) is 220 cm³/mol. The van der Waals surface area contributed by atoms with Crippen LogP contribution in [0, 0.1) is 5.41 Å². The molecule has 248 valence electrons. The van der Waals surface area contributed by atoms with Gasteiger partial charge in [-0.2, -0.15) is 0 Å². The van der Waals surface area contributed by atoms with Gasteiger partial charge < -0.3 is 10.7 Å². The van der Waals surface area contributed by atoms with Gasteiger partial charge in [-0.1, -0.05) is 146 Å². The van der Waals surface area contributed by atoms with Crippen LogP contribution in [0.1, 0.15) is 17.0 Å². The Kier molecular flexibility index (Phi) is 7.22. The van der Waals surface area contributed by atoms with E-state index in [2.05, 4.69) is 121 Å². The first kappa shape index (κ1) is 30.6. The molecule has 0 bridgehead atoms. The summed E-state index contributed by atoms with van der Waals surface area (Å²) in [5.74, 6) is 0.993. The monoisotopic (exact) mass is 677 g/mol. The van der Waals surface area contributed by atoms with Crippen LogP contribution in [0.15, 0.2) is 181 Å². The molecule has 2 N–H and O–H groups in total. The van der Waals surface area contributed by atoms with E-state index in [1.807, 2.05) is 60.7 Å². The number of amidine groups is 1. The Bertz CT molecular complexity index is 2860. The Morgan fingerprint density at radius 1 is 0.472 bits per heavy atom. The van der Waals surface area contributed by atoms with E-state index < -0.39 is 0 Å². The van der Waals surface area contributed by atoms with Crippen LogP contribution in [0.2, 0.25) is 0 Å². The van der Waals surface area contributed by atoms with Crippen LogP contribution >= 0.6 is 0 Å². The number of aliphatic imine (C=N–C) groups is 1. The predicted octanol–water partition coefficient (Wildman–Crippen LogP) is 11.5.